The van der Waals surface area contributed by atoms with E-state index in [1.807, 2.05) is 54.6 Å². The molecule has 4 aliphatic rings. The Kier molecular flexibility index (Phi) is 12.9. The number of likely N-dealkylation sites (N-methyl/N-ethyl adjacent to an activating group) is 2. The molecule has 4 heterocycles. The first-order valence-electron chi connectivity index (χ1n) is 22.5. The Balaban J connectivity index is 0.995. The molecule has 0 radical (unpaired) electrons. The zero-order valence-corrected chi connectivity index (χ0v) is 37.9. The summed E-state index contributed by atoms with van der Waals surface area (Å²) in [6.07, 6.45) is 5.82. The Hall–Kier alpha value is -6.62. The zero-order valence-electron chi connectivity index (χ0n) is 37.9. The van der Waals surface area contributed by atoms with Crippen molar-refractivity contribution in [2.75, 3.05) is 55.1 Å². The Morgan fingerprint density at radius 2 is 1.31 bits per heavy atom. The summed E-state index contributed by atoms with van der Waals surface area (Å²) in [7, 11) is 9.38. The Morgan fingerprint density at radius 3 is 2.02 bits per heavy atom. The van der Waals surface area contributed by atoms with Crippen LogP contribution in [0.15, 0.2) is 109 Å². The van der Waals surface area contributed by atoms with Gasteiger partial charge in [-0.3, -0.25) is 19.4 Å². The van der Waals surface area contributed by atoms with Crippen molar-refractivity contribution in [3.05, 3.63) is 154 Å². The van der Waals surface area contributed by atoms with E-state index in [4.69, 9.17) is 28.4 Å². The number of carbonyl (C=O) groups is 2. The van der Waals surface area contributed by atoms with Crippen LogP contribution in [0.3, 0.4) is 0 Å². The number of ketones is 1. The predicted octanol–water partition coefficient (Wildman–Crippen LogP) is 11.1. The number of methoxy groups -OCH3 is 3. The third-order valence-electron chi connectivity index (χ3n) is 13.3. The molecule has 6 aromatic carbocycles. The van der Waals surface area contributed by atoms with Crippen LogP contribution in [-0.4, -0.2) is 77.0 Å². The fourth-order valence-corrected chi connectivity index (χ4v) is 9.54. The van der Waals surface area contributed by atoms with E-state index in [0.717, 1.165) is 72.2 Å². The molecule has 0 aromatic heterocycles. The average Bonchev–Trinajstić information content (AvgIpc) is 3.33. The van der Waals surface area contributed by atoms with Crippen LogP contribution in [-0.2, 0) is 25.7 Å². The van der Waals surface area contributed by atoms with Crippen molar-refractivity contribution in [3.8, 4) is 57.1 Å². The van der Waals surface area contributed by atoms with Crippen molar-refractivity contribution >= 4 is 12.1 Å². The summed E-state index contributed by atoms with van der Waals surface area (Å²) in [6, 6.07) is 36.1. The lowest BCUT2D eigenvalue weighted by Crippen LogP contribution is -2.34. The van der Waals surface area contributed by atoms with Crippen LogP contribution >= 0.6 is 0 Å². The van der Waals surface area contributed by atoms with Crippen LogP contribution in [0.4, 0.5) is 0 Å². The maximum atomic E-state index is 13.2. The number of unbranched alkanes of at least 4 members (excludes halogenated alkanes) is 1. The third-order valence-corrected chi connectivity index (χ3v) is 13.3. The van der Waals surface area contributed by atoms with E-state index in [9.17, 15) is 9.59 Å². The number of hydrogen-bond acceptors (Lipinski definition) is 10. The molecule has 0 N–H and O–H groups in total. The number of aldehydes is 1. The molecule has 0 spiro atoms. The number of nitrogens with zero attached hydrogens (tertiary/aromatic N) is 2. The van der Waals surface area contributed by atoms with E-state index in [1.54, 1.807) is 33.5 Å². The van der Waals surface area contributed by atoms with Crippen LogP contribution in [0, 0.1) is 0 Å². The first kappa shape index (κ1) is 43.6. The van der Waals surface area contributed by atoms with Crippen molar-refractivity contribution in [3.63, 3.8) is 0 Å². The summed E-state index contributed by atoms with van der Waals surface area (Å²) in [5.74, 6) is 5.21. The number of hydrogen-bond donors (Lipinski definition) is 0. The molecule has 0 fully saturated rings. The van der Waals surface area contributed by atoms with Gasteiger partial charge in [-0.2, -0.15) is 0 Å². The lowest BCUT2D eigenvalue weighted by Gasteiger charge is -2.37. The molecule has 65 heavy (non-hydrogen) atoms. The van der Waals surface area contributed by atoms with Gasteiger partial charge in [0, 0.05) is 48.3 Å². The van der Waals surface area contributed by atoms with Crippen LogP contribution < -0.4 is 28.4 Å². The van der Waals surface area contributed by atoms with Gasteiger partial charge in [0.1, 0.15) is 12.0 Å². The number of Topliss-reactive ketones (excluding diaryl/α,β-unsaturated/α-hetero) is 1. The van der Waals surface area contributed by atoms with E-state index >= 15 is 0 Å². The van der Waals surface area contributed by atoms with Crippen molar-refractivity contribution in [2.45, 2.75) is 57.0 Å². The van der Waals surface area contributed by atoms with Crippen LogP contribution in [0.5, 0.6) is 46.0 Å². The second-order valence-corrected chi connectivity index (χ2v) is 17.3. The van der Waals surface area contributed by atoms with E-state index in [2.05, 4.69) is 66.4 Å². The Labute approximate surface area is 381 Å². The van der Waals surface area contributed by atoms with Crippen molar-refractivity contribution in [1.82, 2.24) is 9.80 Å². The van der Waals surface area contributed by atoms with Gasteiger partial charge < -0.3 is 28.4 Å². The summed E-state index contributed by atoms with van der Waals surface area (Å²) < 4.78 is 38.3. The highest BCUT2D eigenvalue weighted by atomic mass is 16.5. The molecule has 0 aliphatic carbocycles. The van der Waals surface area contributed by atoms with Crippen molar-refractivity contribution < 1.29 is 38.0 Å². The third kappa shape index (κ3) is 9.19. The Bertz CT molecular complexity index is 2680. The zero-order chi connectivity index (χ0) is 45.0. The van der Waals surface area contributed by atoms with Gasteiger partial charge in [-0.25, -0.2) is 0 Å². The number of rotatable bonds is 12. The van der Waals surface area contributed by atoms with Gasteiger partial charge in [0.15, 0.2) is 40.3 Å². The van der Waals surface area contributed by atoms with Crippen molar-refractivity contribution in [1.29, 1.82) is 0 Å². The summed E-state index contributed by atoms with van der Waals surface area (Å²) in [5, 5.41) is 0. The molecular weight excluding hydrogens is 817 g/mol. The van der Waals surface area contributed by atoms with Gasteiger partial charge in [0.25, 0.3) is 0 Å². The quantitative estimate of drug-likeness (QED) is 0.0672. The van der Waals surface area contributed by atoms with E-state index in [1.165, 1.54) is 16.7 Å². The Morgan fingerprint density at radius 1 is 0.662 bits per heavy atom. The first-order chi connectivity index (χ1) is 31.7. The molecule has 10 rings (SSSR count). The second kappa shape index (κ2) is 19.2. The lowest BCUT2D eigenvalue weighted by molar-refractivity contribution is 0.0977. The van der Waals surface area contributed by atoms with Gasteiger partial charge in [0.2, 0.25) is 5.75 Å². The monoisotopic (exact) mass is 872 g/mol. The molecule has 6 aromatic rings. The van der Waals surface area contributed by atoms with E-state index in [-0.39, 0.29) is 17.9 Å². The SMILES string of the molecule is COc1cc2c3cc1Oc1c(OC)c(OC)cc4c1C(Cc1ccc(OCCCCC(=O)c5ccc(-c6ccc(C=O)cc6)cc5)c(c1)Oc1ccc(cc1)CC3N(C)CC2)N(C)CC4. The number of carbonyl (C=O) groups excluding carboxylic acids is 2. The molecule has 4 aliphatic heterocycles. The smallest absolute Gasteiger partial charge is 0.204 e. The first-order valence-corrected chi connectivity index (χ1v) is 22.5. The summed E-state index contributed by atoms with van der Waals surface area (Å²) in [5.41, 5.74) is 10.2. The van der Waals surface area contributed by atoms with Crippen LogP contribution in [0.25, 0.3) is 11.1 Å². The van der Waals surface area contributed by atoms with Crippen LogP contribution in [0.1, 0.15) is 85.4 Å². The van der Waals surface area contributed by atoms with Gasteiger partial charge >= 0.3 is 0 Å². The molecular formula is C55H56N2O8. The minimum absolute atomic E-state index is 0.0717. The van der Waals surface area contributed by atoms with Crippen LogP contribution in [0.2, 0.25) is 0 Å². The highest BCUT2D eigenvalue weighted by molar-refractivity contribution is 5.96. The topological polar surface area (TPSA) is 96.0 Å². The molecule has 6 bridgehead atoms. The molecule has 10 heteroatoms. The number of ether oxygens (including phenoxy) is 6. The number of benzene rings is 6. The molecule has 334 valence electrons. The highest BCUT2D eigenvalue weighted by Crippen LogP contribution is 2.52. The van der Waals surface area contributed by atoms with Gasteiger partial charge in [0.05, 0.1) is 27.9 Å². The maximum absolute atomic E-state index is 13.2. The predicted molar refractivity (Wildman–Crippen MR) is 252 cm³/mol. The standard InChI is InChI=1S/C55H56N2O8/c1-56-25-23-41-31-49(60-3)51-33-44(41)45(56)28-35-11-20-43(21-12-35)64-50-30-37(29-46-53-42(24-26-57(46)2)32-52(61-4)54(62-5)55(53)65-51)13-22-48(50)63-27-7-6-8-47(59)40-18-16-39(17-19-40)38-14-9-36(34-58)10-15-38/h9-22,30-34,45-46H,6-8,23-29H2,1-5H3. The molecule has 2 unspecified atom stereocenters. The largest absolute Gasteiger partial charge is 0.493 e. The molecule has 2 atom stereocenters. The van der Waals surface area contributed by atoms with E-state index in [0.29, 0.717) is 83.7 Å². The minimum atomic E-state index is -0.0717. The fourth-order valence-electron chi connectivity index (χ4n) is 9.54. The molecule has 0 amide bonds. The highest BCUT2D eigenvalue weighted by Gasteiger charge is 2.35. The second-order valence-electron chi connectivity index (χ2n) is 17.3. The van der Waals surface area contributed by atoms with Gasteiger partial charge in [-0.15, -0.1) is 0 Å². The summed E-state index contributed by atoms with van der Waals surface area (Å²) in [4.78, 5) is 29.0. The van der Waals surface area contributed by atoms with Crippen molar-refractivity contribution in [2.24, 2.45) is 0 Å². The molecule has 0 saturated heterocycles. The van der Waals surface area contributed by atoms with Gasteiger partial charge in [-0.1, -0.05) is 66.7 Å². The average molecular weight is 873 g/mol. The fraction of sp³-hybridized carbons (Fsp3) is 0.309. The number of fused-ring (bicyclic) bond motifs is 2. The summed E-state index contributed by atoms with van der Waals surface area (Å²) >= 11 is 0. The lowest BCUT2D eigenvalue weighted by atomic mass is 9.87. The minimum Gasteiger partial charge on any atom is -0.493 e. The van der Waals surface area contributed by atoms with Gasteiger partial charge in [-0.05, 0) is 134 Å². The summed E-state index contributed by atoms with van der Waals surface area (Å²) in [6.45, 7) is 2.21. The van der Waals surface area contributed by atoms with E-state index < -0.39 is 0 Å². The normalized spacial score (nSPS) is 16.8. The maximum Gasteiger partial charge on any atom is 0.204 e. The molecule has 0 saturated carbocycles. The molecule has 10 nitrogen and oxygen atoms in total.